The van der Waals surface area contributed by atoms with Crippen molar-refractivity contribution in [3.8, 4) is 0 Å². The summed E-state index contributed by atoms with van der Waals surface area (Å²) in [6.07, 6.45) is 0.682. The maximum Gasteiger partial charge on any atom is 0.245 e. The second-order valence-corrected chi connectivity index (χ2v) is 6.77. The molecule has 114 valence electrons. The fourth-order valence-corrected chi connectivity index (χ4v) is 3.44. The molecule has 0 amide bonds. The van der Waals surface area contributed by atoms with E-state index in [0.717, 1.165) is 6.07 Å². The van der Waals surface area contributed by atoms with Gasteiger partial charge in [-0.2, -0.15) is 4.31 Å². The van der Waals surface area contributed by atoms with E-state index in [1.807, 2.05) is 25.9 Å². The van der Waals surface area contributed by atoms with Crippen LogP contribution in [0.4, 0.5) is 10.1 Å². The molecule has 0 aliphatic rings. The van der Waals surface area contributed by atoms with Crippen LogP contribution in [0.1, 0.15) is 13.3 Å². The second-order valence-electron chi connectivity index (χ2n) is 4.86. The van der Waals surface area contributed by atoms with Gasteiger partial charge in [-0.3, -0.25) is 0 Å². The van der Waals surface area contributed by atoms with Crippen LogP contribution in [0.5, 0.6) is 0 Å². The summed E-state index contributed by atoms with van der Waals surface area (Å²) in [7, 11) is -0.0337. The van der Waals surface area contributed by atoms with Crippen LogP contribution >= 0.6 is 0 Å². The highest BCUT2D eigenvalue weighted by Gasteiger charge is 2.26. The smallest absolute Gasteiger partial charge is 0.245 e. The minimum absolute atomic E-state index is 0.162. The van der Waals surface area contributed by atoms with E-state index in [1.54, 1.807) is 0 Å². The molecule has 1 rings (SSSR count). The zero-order valence-electron chi connectivity index (χ0n) is 12.1. The van der Waals surface area contributed by atoms with Crippen LogP contribution in [0.3, 0.4) is 0 Å². The lowest BCUT2D eigenvalue weighted by molar-refractivity contribution is 0.333. The van der Waals surface area contributed by atoms with E-state index in [0.29, 0.717) is 26.1 Å². The molecule has 0 unspecified atom stereocenters. The molecule has 1 aromatic rings. The molecule has 0 aliphatic carbocycles. The minimum atomic E-state index is -3.77. The number of rotatable bonds is 7. The summed E-state index contributed by atoms with van der Waals surface area (Å²) in [4.78, 5) is 1.73. The average Bonchev–Trinajstić information content (AvgIpc) is 2.37. The van der Waals surface area contributed by atoms with Gasteiger partial charge in [0.05, 0.1) is 5.69 Å². The predicted octanol–water partition coefficient (Wildman–Crippen LogP) is 1.37. The molecule has 0 atom stereocenters. The number of hydrogen-bond donors (Lipinski definition) is 1. The van der Waals surface area contributed by atoms with Crippen LogP contribution in [0.15, 0.2) is 23.1 Å². The number of sulfonamides is 1. The number of nitrogen functional groups attached to an aromatic ring is 1. The SMILES string of the molecule is CCCN(CCN(C)C)S(=O)(=O)c1cccc(F)c1N. The van der Waals surface area contributed by atoms with Gasteiger partial charge in [-0.05, 0) is 32.6 Å². The van der Waals surface area contributed by atoms with E-state index in [-0.39, 0.29) is 10.6 Å². The fourth-order valence-electron chi connectivity index (χ4n) is 1.79. The number of nitrogens with two attached hydrogens (primary N) is 1. The number of halogens is 1. The number of para-hydroxylation sites is 1. The van der Waals surface area contributed by atoms with Gasteiger partial charge in [-0.1, -0.05) is 13.0 Å². The number of benzene rings is 1. The third-order valence-corrected chi connectivity index (χ3v) is 4.86. The van der Waals surface area contributed by atoms with E-state index >= 15 is 0 Å². The van der Waals surface area contributed by atoms with Crippen molar-refractivity contribution < 1.29 is 12.8 Å². The lowest BCUT2D eigenvalue weighted by Gasteiger charge is -2.24. The molecule has 0 heterocycles. The van der Waals surface area contributed by atoms with Crippen LogP contribution in [-0.4, -0.2) is 51.4 Å². The number of anilines is 1. The summed E-state index contributed by atoms with van der Waals surface area (Å²) in [6.45, 7) is 3.22. The Morgan fingerprint density at radius 2 is 1.85 bits per heavy atom. The van der Waals surface area contributed by atoms with E-state index < -0.39 is 15.8 Å². The molecule has 0 saturated heterocycles. The summed E-state index contributed by atoms with van der Waals surface area (Å²) < 4.78 is 39.9. The monoisotopic (exact) mass is 303 g/mol. The van der Waals surface area contributed by atoms with Gasteiger partial charge < -0.3 is 10.6 Å². The molecule has 7 heteroatoms. The second kappa shape index (κ2) is 7.01. The van der Waals surface area contributed by atoms with Gasteiger partial charge in [-0.15, -0.1) is 0 Å². The Balaban J connectivity index is 3.12. The van der Waals surface area contributed by atoms with Crippen molar-refractivity contribution in [3.63, 3.8) is 0 Å². The van der Waals surface area contributed by atoms with Gasteiger partial charge >= 0.3 is 0 Å². The highest BCUT2D eigenvalue weighted by atomic mass is 32.2. The molecular formula is C13H22FN3O2S. The molecule has 5 nitrogen and oxygen atoms in total. The topological polar surface area (TPSA) is 66.6 Å². The quantitative estimate of drug-likeness (QED) is 0.773. The maximum absolute atomic E-state index is 13.5. The summed E-state index contributed by atoms with van der Waals surface area (Å²) >= 11 is 0. The van der Waals surface area contributed by atoms with Crippen LogP contribution in [0.25, 0.3) is 0 Å². The first kappa shape index (κ1) is 16.9. The Hall–Kier alpha value is -1.18. The Morgan fingerprint density at radius 1 is 1.20 bits per heavy atom. The summed E-state index contributed by atoms with van der Waals surface area (Å²) in [5.74, 6) is -0.713. The van der Waals surface area contributed by atoms with Crippen molar-refractivity contribution >= 4 is 15.7 Å². The van der Waals surface area contributed by atoms with Crippen LogP contribution in [-0.2, 0) is 10.0 Å². The Kier molecular flexibility index (Phi) is 5.91. The molecule has 0 bridgehead atoms. The van der Waals surface area contributed by atoms with Gasteiger partial charge in [0.1, 0.15) is 10.7 Å². The molecule has 1 aromatic carbocycles. The average molecular weight is 303 g/mol. The molecule has 0 fully saturated rings. The van der Waals surface area contributed by atoms with Gasteiger partial charge in [0.2, 0.25) is 10.0 Å². The minimum Gasteiger partial charge on any atom is -0.395 e. The lowest BCUT2D eigenvalue weighted by Crippen LogP contribution is -2.37. The Morgan fingerprint density at radius 3 is 2.40 bits per heavy atom. The maximum atomic E-state index is 13.5. The number of nitrogens with zero attached hydrogens (tertiary/aromatic N) is 2. The highest BCUT2D eigenvalue weighted by Crippen LogP contribution is 2.24. The molecule has 0 aromatic heterocycles. The largest absolute Gasteiger partial charge is 0.395 e. The van der Waals surface area contributed by atoms with E-state index in [2.05, 4.69) is 0 Å². The molecule has 0 saturated carbocycles. The van der Waals surface area contributed by atoms with Crippen LogP contribution in [0, 0.1) is 5.82 Å². The Bertz CT molecular complexity index is 547. The van der Waals surface area contributed by atoms with Gasteiger partial charge in [0.15, 0.2) is 0 Å². The highest BCUT2D eigenvalue weighted by molar-refractivity contribution is 7.89. The van der Waals surface area contributed by atoms with Crippen molar-refractivity contribution in [1.29, 1.82) is 0 Å². The van der Waals surface area contributed by atoms with Crippen LogP contribution < -0.4 is 5.73 Å². The lowest BCUT2D eigenvalue weighted by atomic mass is 10.3. The summed E-state index contributed by atoms with van der Waals surface area (Å²) in [5.41, 5.74) is 5.25. The number of likely N-dealkylation sites (N-methyl/N-ethyl adjacent to an activating group) is 1. The van der Waals surface area contributed by atoms with E-state index in [9.17, 15) is 12.8 Å². The predicted molar refractivity (Wildman–Crippen MR) is 78.4 cm³/mol. The first-order chi connectivity index (χ1) is 9.30. The molecule has 0 spiro atoms. The van der Waals surface area contributed by atoms with Gasteiger partial charge in [0.25, 0.3) is 0 Å². The zero-order valence-corrected chi connectivity index (χ0v) is 13.0. The first-order valence-corrected chi connectivity index (χ1v) is 7.93. The third kappa shape index (κ3) is 3.91. The van der Waals surface area contributed by atoms with Crippen molar-refractivity contribution in [2.24, 2.45) is 0 Å². The molecular weight excluding hydrogens is 281 g/mol. The standard InChI is InChI=1S/C13H22FN3O2S/c1-4-8-17(10-9-16(2)3)20(18,19)12-7-5-6-11(14)13(12)15/h5-7H,4,8-10,15H2,1-3H3. The zero-order chi connectivity index (χ0) is 15.3. The van der Waals surface area contributed by atoms with Gasteiger partial charge in [-0.25, -0.2) is 12.8 Å². The molecule has 0 radical (unpaired) electrons. The normalized spacial score (nSPS) is 12.3. The van der Waals surface area contributed by atoms with Crippen molar-refractivity contribution in [2.45, 2.75) is 18.2 Å². The number of hydrogen-bond acceptors (Lipinski definition) is 4. The summed E-state index contributed by atoms with van der Waals surface area (Å²) in [6, 6.07) is 3.85. The van der Waals surface area contributed by atoms with E-state index in [1.165, 1.54) is 16.4 Å². The van der Waals surface area contributed by atoms with E-state index in [4.69, 9.17) is 5.73 Å². The van der Waals surface area contributed by atoms with Crippen LogP contribution in [0.2, 0.25) is 0 Å². The van der Waals surface area contributed by atoms with Gasteiger partial charge in [0, 0.05) is 19.6 Å². The fraction of sp³-hybridized carbons (Fsp3) is 0.538. The molecule has 0 aliphatic heterocycles. The van der Waals surface area contributed by atoms with Crippen molar-refractivity contribution in [3.05, 3.63) is 24.0 Å². The molecule has 20 heavy (non-hydrogen) atoms. The van der Waals surface area contributed by atoms with Crippen molar-refractivity contribution in [2.75, 3.05) is 39.5 Å². The summed E-state index contributed by atoms with van der Waals surface area (Å²) in [5, 5.41) is 0. The van der Waals surface area contributed by atoms with Crippen molar-refractivity contribution in [1.82, 2.24) is 9.21 Å². The first-order valence-electron chi connectivity index (χ1n) is 6.49. The Labute approximate surface area is 120 Å². The molecule has 2 N–H and O–H groups in total. The third-order valence-electron chi connectivity index (χ3n) is 2.90.